The zero-order valence-electron chi connectivity index (χ0n) is 9.14. The summed E-state index contributed by atoms with van der Waals surface area (Å²) in [5, 5.41) is 3.17. The highest BCUT2D eigenvalue weighted by molar-refractivity contribution is 6.32. The molecule has 1 heterocycles. The minimum absolute atomic E-state index is 0.267. The number of anilines is 1. The van der Waals surface area contributed by atoms with Crippen LogP contribution < -0.4 is 5.32 Å². The molecule has 4 nitrogen and oxygen atoms in total. The fraction of sp³-hybridized carbons (Fsp3) is 0.0833. The maximum atomic E-state index is 11.9. The van der Waals surface area contributed by atoms with Gasteiger partial charge in [-0.2, -0.15) is 0 Å². The monoisotopic (exact) mass is 247 g/mol. The van der Waals surface area contributed by atoms with Crippen molar-refractivity contribution in [2.45, 2.75) is 6.92 Å². The van der Waals surface area contributed by atoms with Crippen molar-refractivity contribution in [2.75, 3.05) is 5.32 Å². The summed E-state index contributed by atoms with van der Waals surface area (Å²) in [6, 6.07) is 6.86. The lowest BCUT2D eigenvalue weighted by molar-refractivity contribution is 0.102. The van der Waals surface area contributed by atoms with Crippen LogP contribution in [0.25, 0.3) is 0 Å². The Labute approximate surface area is 104 Å². The Hall–Kier alpha value is -1.94. The quantitative estimate of drug-likeness (QED) is 0.888. The molecule has 1 amide bonds. The van der Waals surface area contributed by atoms with Crippen LogP contribution in [0.5, 0.6) is 0 Å². The minimum Gasteiger partial charge on any atom is -0.290 e. The van der Waals surface area contributed by atoms with Gasteiger partial charge in [0.05, 0.1) is 0 Å². The van der Waals surface area contributed by atoms with E-state index < -0.39 is 0 Å². The Morgan fingerprint density at radius 2 is 1.94 bits per heavy atom. The number of amides is 1. The molecule has 86 valence electrons. The number of rotatable bonds is 2. The molecular formula is C12H10ClN3O. The average Bonchev–Trinajstić information content (AvgIpc) is 2.34. The average molecular weight is 248 g/mol. The van der Waals surface area contributed by atoms with Gasteiger partial charge < -0.3 is 0 Å². The highest BCUT2D eigenvalue weighted by Crippen LogP contribution is 2.19. The van der Waals surface area contributed by atoms with Crippen LogP contribution in [0.4, 0.5) is 5.95 Å². The van der Waals surface area contributed by atoms with E-state index in [0.717, 1.165) is 5.56 Å². The maximum absolute atomic E-state index is 11.9. The van der Waals surface area contributed by atoms with E-state index in [4.69, 9.17) is 11.6 Å². The second-order valence-corrected chi connectivity index (χ2v) is 3.85. The van der Waals surface area contributed by atoms with Crippen molar-refractivity contribution in [1.29, 1.82) is 0 Å². The van der Waals surface area contributed by atoms with Gasteiger partial charge in [0.15, 0.2) is 0 Å². The Kier molecular flexibility index (Phi) is 3.35. The van der Waals surface area contributed by atoms with Crippen LogP contribution in [0.3, 0.4) is 0 Å². The van der Waals surface area contributed by atoms with E-state index >= 15 is 0 Å². The molecule has 17 heavy (non-hydrogen) atoms. The Morgan fingerprint density at radius 1 is 1.24 bits per heavy atom. The van der Waals surface area contributed by atoms with Gasteiger partial charge in [0.2, 0.25) is 5.95 Å². The molecule has 0 unspecified atom stereocenters. The van der Waals surface area contributed by atoms with E-state index in [0.29, 0.717) is 10.6 Å². The lowest BCUT2D eigenvalue weighted by Crippen LogP contribution is -2.15. The summed E-state index contributed by atoms with van der Waals surface area (Å²) in [6.07, 6.45) is 3.13. The molecule has 1 aromatic heterocycles. The molecule has 0 atom stereocenters. The number of halogens is 1. The lowest BCUT2D eigenvalue weighted by Gasteiger charge is -2.07. The minimum atomic E-state index is -0.267. The highest BCUT2D eigenvalue weighted by atomic mass is 35.5. The number of hydrogen-bond donors (Lipinski definition) is 1. The number of carbonyl (C=O) groups is 1. The van der Waals surface area contributed by atoms with Crippen LogP contribution in [0, 0.1) is 6.92 Å². The van der Waals surface area contributed by atoms with Gasteiger partial charge in [-0.25, -0.2) is 9.97 Å². The van der Waals surface area contributed by atoms with Crippen molar-refractivity contribution in [3.8, 4) is 0 Å². The molecule has 0 radical (unpaired) electrons. The van der Waals surface area contributed by atoms with Crippen LogP contribution >= 0.6 is 11.6 Å². The van der Waals surface area contributed by atoms with Crippen molar-refractivity contribution in [3.63, 3.8) is 0 Å². The van der Waals surface area contributed by atoms with Crippen LogP contribution in [0.2, 0.25) is 5.02 Å². The Balaban J connectivity index is 2.24. The predicted molar refractivity (Wildman–Crippen MR) is 66.2 cm³/mol. The van der Waals surface area contributed by atoms with Crippen molar-refractivity contribution in [1.82, 2.24) is 9.97 Å². The summed E-state index contributed by atoms with van der Waals surface area (Å²) in [5.41, 5.74) is 1.26. The third-order valence-electron chi connectivity index (χ3n) is 2.30. The van der Waals surface area contributed by atoms with Crippen molar-refractivity contribution in [3.05, 3.63) is 52.8 Å². The largest absolute Gasteiger partial charge is 0.290 e. The van der Waals surface area contributed by atoms with Crippen molar-refractivity contribution < 1.29 is 4.79 Å². The molecular weight excluding hydrogens is 238 g/mol. The molecule has 0 aliphatic carbocycles. The zero-order chi connectivity index (χ0) is 12.3. The van der Waals surface area contributed by atoms with Gasteiger partial charge in [-0.3, -0.25) is 10.1 Å². The first-order valence-electron chi connectivity index (χ1n) is 5.02. The molecule has 2 rings (SSSR count). The third-order valence-corrected chi connectivity index (χ3v) is 2.71. The summed E-state index contributed by atoms with van der Waals surface area (Å²) in [5.74, 6) is 0.00748. The van der Waals surface area contributed by atoms with E-state index in [1.165, 1.54) is 0 Å². The number of carbonyl (C=O) groups excluding carboxylic acids is 1. The van der Waals surface area contributed by atoms with E-state index in [-0.39, 0.29) is 11.9 Å². The summed E-state index contributed by atoms with van der Waals surface area (Å²) < 4.78 is 0. The molecule has 1 aromatic carbocycles. The predicted octanol–water partition coefficient (Wildman–Crippen LogP) is 2.69. The standard InChI is InChI=1S/C12H10ClN3O/c1-8-9(4-2-5-10(8)13)11(17)16-12-14-6-3-7-15-12/h2-7H,1H3,(H,14,15,16,17). The molecule has 0 fully saturated rings. The molecule has 1 N–H and O–H groups in total. The fourth-order valence-corrected chi connectivity index (χ4v) is 1.56. The van der Waals surface area contributed by atoms with Gasteiger partial charge in [-0.1, -0.05) is 17.7 Å². The first-order chi connectivity index (χ1) is 8.18. The van der Waals surface area contributed by atoms with Crippen molar-refractivity contribution in [2.24, 2.45) is 0 Å². The topological polar surface area (TPSA) is 54.9 Å². The number of hydrogen-bond acceptors (Lipinski definition) is 3. The summed E-state index contributed by atoms with van der Waals surface area (Å²) in [4.78, 5) is 19.8. The smallest absolute Gasteiger partial charge is 0.258 e. The molecule has 0 aliphatic rings. The molecule has 0 bridgehead atoms. The highest BCUT2D eigenvalue weighted by Gasteiger charge is 2.11. The van der Waals surface area contributed by atoms with Gasteiger partial charge in [-0.15, -0.1) is 0 Å². The molecule has 2 aromatic rings. The van der Waals surface area contributed by atoms with Crippen LogP contribution in [-0.4, -0.2) is 15.9 Å². The normalized spacial score (nSPS) is 10.0. The molecule has 0 aliphatic heterocycles. The van der Waals surface area contributed by atoms with E-state index in [1.54, 1.807) is 43.6 Å². The van der Waals surface area contributed by atoms with Gasteiger partial charge in [0, 0.05) is 23.0 Å². The SMILES string of the molecule is Cc1c(Cl)cccc1C(=O)Nc1ncccn1. The second-order valence-electron chi connectivity index (χ2n) is 3.44. The van der Waals surface area contributed by atoms with Crippen LogP contribution in [-0.2, 0) is 0 Å². The van der Waals surface area contributed by atoms with Crippen LogP contribution in [0.15, 0.2) is 36.7 Å². The van der Waals surface area contributed by atoms with Gasteiger partial charge in [0.25, 0.3) is 5.91 Å². The summed E-state index contributed by atoms with van der Waals surface area (Å²) in [7, 11) is 0. The number of nitrogens with one attached hydrogen (secondary N) is 1. The molecule has 0 saturated heterocycles. The van der Waals surface area contributed by atoms with E-state index in [1.807, 2.05) is 0 Å². The van der Waals surface area contributed by atoms with Gasteiger partial charge in [-0.05, 0) is 30.7 Å². The number of nitrogens with zero attached hydrogens (tertiary/aromatic N) is 2. The van der Waals surface area contributed by atoms with Crippen molar-refractivity contribution >= 4 is 23.5 Å². The van der Waals surface area contributed by atoms with Gasteiger partial charge >= 0.3 is 0 Å². The maximum Gasteiger partial charge on any atom is 0.258 e. The van der Waals surface area contributed by atoms with Crippen LogP contribution in [0.1, 0.15) is 15.9 Å². The lowest BCUT2D eigenvalue weighted by atomic mass is 10.1. The molecule has 0 saturated carbocycles. The first kappa shape index (κ1) is 11.5. The summed E-state index contributed by atoms with van der Waals surface area (Å²) >= 11 is 5.95. The molecule has 0 spiro atoms. The second kappa shape index (κ2) is 4.93. The third kappa shape index (κ3) is 2.60. The van der Waals surface area contributed by atoms with E-state index in [2.05, 4.69) is 15.3 Å². The Morgan fingerprint density at radius 3 is 2.65 bits per heavy atom. The molecule has 5 heteroatoms. The fourth-order valence-electron chi connectivity index (χ4n) is 1.39. The van der Waals surface area contributed by atoms with Gasteiger partial charge in [0.1, 0.15) is 0 Å². The number of aromatic nitrogens is 2. The Bertz CT molecular complexity index is 543. The first-order valence-corrected chi connectivity index (χ1v) is 5.40. The van der Waals surface area contributed by atoms with E-state index in [9.17, 15) is 4.79 Å². The zero-order valence-corrected chi connectivity index (χ0v) is 9.90. The number of benzene rings is 1. The summed E-state index contributed by atoms with van der Waals surface area (Å²) in [6.45, 7) is 1.79.